The van der Waals surface area contributed by atoms with Gasteiger partial charge in [-0.15, -0.1) is 0 Å². The Labute approximate surface area is 227 Å². The van der Waals surface area contributed by atoms with Crippen molar-refractivity contribution in [1.82, 2.24) is 0 Å². The molecule has 7 heteroatoms. The lowest BCUT2D eigenvalue weighted by Crippen LogP contribution is -2.33. The molecule has 0 aromatic heterocycles. The van der Waals surface area contributed by atoms with Crippen molar-refractivity contribution in [2.45, 2.75) is 104 Å². The molecule has 212 valence electrons. The summed E-state index contributed by atoms with van der Waals surface area (Å²) in [6.07, 6.45) is 9.80. The van der Waals surface area contributed by atoms with Crippen molar-refractivity contribution in [1.29, 1.82) is 0 Å². The highest BCUT2D eigenvalue weighted by atomic mass is 16.6. The summed E-state index contributed by atoms with van der Waals surface area (Å²) >= 11 is 0. The number of esters is 2. The number of carbonyl (C=O) groups is 3. The lowest BCUT2D eigenvalue weighted by molar-refractivity contribution is -0.148. The molecular weight excluding hydrogens is 484 g/mol. The van der Waals surface area contributed by atoms with Crippen molar-refractivity contribution in [3.63, 3.8) is 0 Å². The van der Waals surface area contributed by atoms with E-state index in [9.17, 15) is 14.4 Å². The zero-order valence-electron chi connectivity index (χ0n) is 23.8. The summed E-state index contributed by atoms with van der Waals surface area (Å²) in [5.41, 5.74) is -0.314. The fraction of sp³-hybridized carbons (Fsp3) is 0.710. The van der Waals surface area contributed by atoms with Gasteiger partial charge in [0.2, 0.25) is 0 Å². The number of rotatable bonds is 13. The van der Waals surface area contributed by atoms with Gasteiger partial charge in [0.05, 0.1) is 7.11 Å². The molecule has 4 atom stereocenters. The van der Waals surface area contributed by atoms with Crippen molar-refractivity contribution >= 4 is 17.7 Å². The normalized spacial score (nSPS) is 22.9. The maximum Gasteiger partial charge on any atom is 0.343 e. The van der Waals surface area contributed by atoms with Crippen LogP contribution in [-0.4, -0.2) is 43.6 Å². The topological polar surface area (TPSA) is 88.1 Å². The van der Waals surface area contributed by atoms with Gasteiger partial charge in [-0.1, -0.05) is 65.0 Å². The van der Waals surface area contributed by atoms with E-state index in [0.717, 1.165) is 25.7 Å². The molecule has 2 aliphatic carbocycles. The summed E-state index contributed by atoms with van der Waals surface area (Å²) in [4.78, 5) is 36.8. The minimum Gasteiger partial charge on any atom is -0.486 e. The van der Waals surface area contributed by atoms with Crippen LogP contribution in [-0.2, 0) is 23.9 Å². The maximum absolute atomic E-state index is 13.4. The van der Waals surface area contributed by atoms with Crippen molar-refractivity contribution < 1.29 is 33.3 Å². The van der Waals surface area contributed by atoms with Crippen LogP contribution in [0.5, 0.6) is 11.5 Å². The Hall–Kier alpha value is -2.57. The summed E-state index contributed by atoms with van der Waals surface area (Å²) < 4.78 is 22.2. The van der Waals surface area contributed by atoms with Crippen LogP contribution in [0.1, 0.15) is 91.9 Å². The third-order valence-electron chi connectivity index (χ3n) is 8.23. The van der Waals surface area contributed by atoms with Gasteiger partial charge in [-0.05, 0) is 49.7 Å². The molecule has 1 aromatic rings. The minimum absolute atomic E-state index is 0.0426. The average molecular weight is 531 g/mol. The molecule has 0 spiro atoms. The molecule has 2 saturated carbocycles. The van der Waals surface area contributed by atoms with Gasteiger partial charge in [-0.25, -0.2) is 4.79 Å². The molecular formula is C31H46O7. The van der Waals surface area contributed by atoms with Crippen LogP contribution >= 0.6 is 0 Å². The van der Waals surface area contributed by atoms with Crippen LogP contribution in [0.15, 0.2) is 24.3 Å². The standard InChI is InChI=1S/C31H46O7/c1-21(30(34)31(3,4)19-23-11-7-6-8-12-23)15-16-24-17-25(18-28(24)37-22(2)32)38-27-14-10-9-13-26(27)36-20-29(33)35-5/h9-10,13-14,21,23-25,28H,6-8,11-12,15-20H2,1-5H3/t21?,24?,25-,28-/m1/s1. The van der Waals surface area contributed by atoms with Crippen LogP contribution in [0.2, 0.25) is 0 Å². The Morgan fingerprint density at radius 2 is 1.71 bits per heavy atom. The largest absolute Gasteiger partial charge is 0.486 e. The molecule has 2 fully saturated rings. The second kappa shape index (κ2) is 14.0. The molecule has 0 saturated heterocycles. The number of methoxy groups -OCH3 is 1. The highest BCUT2D eigenvalue weighted by Gasteiger charge is 2.39. The zero-order chi connectivity index (χ0) is 27.7. The number of ether oxygens (including phenoxy) is 4. The Morgan fingerprint density at radius 3 is 2.37 bits per heavy atom. The van der Waals surface area contributed by atoms with E-state index < -0.39 is 5.97 Å². The van der Waals surface area contributed by atoms with E-state index in [4.69, 9.17) is 14.2 Å². The number of para-hydroxylation sites is 2. The molecule has 1 aromatic carbocycles. The smallest absolute Gasteiger partial charge is 0.343 e. The highest BCUT2D eigenvalue weighted by molar-refractivity contribution is 5.86. The number of hydrogen-bond acceptors (Lipinski definition) is 7. The Bertz CT molecular complexity index is 934. The second-order valence-corrected chi connectivity index (χ2v) is 11.9. The average Bonchev–Trinajstić information content (AvgIpc) is 3.26. The Kier molecular flexibility index (Phi) is 11.0. The summed E-state index contributed by atoms with van der Waals surface area (Å²) in [6.45, 7) is 7.50. The van der Waals surface area contributed by atoms with Gasteiger partial charge in [0.15, 0.2) is 18.1 Å². The molecule has 0 N–H and O–H groups in total. The Balaban J connectivity index is 1.58. The fourth-order valence-electron chi connectivity index (χ4n) is 6.31. The molecule has 0 radical (unpaired) electrons. The molecule has 0 amide bonds. The van der Waals surface area contributed by atoms with E-state index in [2.05, 4.69) is 18.6 Å². The van der Waals surface area contributed by atoms with Crippen molar-refractivity contribution in [3.8, 4) is 11.5 Å². The van der Waals surface area contributed by atoms with Crippen LogP contribution in [0.4, 0.5) is 0 Å². The number of carbonyl (C=O) groups excluding carboxylic acids is 3. The third-order valence-corrected chi connectivity index (χ3v) is 8.23. The number of ketones is 1. The predicted molar refractivity (Wildman–Crippen MR) is 145 cm³/mol. The summed E-state index contributed by atoms with van der Waals surface area (Å²) in [7, 11) is 1.31. The lowest BCUT2D eigenvalue weighted by atomic mass is 9.71. The SMILES string of the molecule is COC(=O)COc1ccccc1O[C@@H]1CC(CCC(C)C(=O)C(C)(C)CC2CCCCC2)[C@H](OC(C)=O)C1. The minimum atomic E-state index is -0.471. The molecule has 3 rings (SSSR count). The van der Waals surface area contributed by atoms with Crippen molar-refractivity contribution in [2.24, 2.45) is 23.2 Å². The van der Waals surface area contributed by atoms with Crippen molar-refractivity contribution in [2.75, 3.05) is 13.7 Å². The first-order valence-electron chi connectivity index (χ1n) is 14.3. The number of Topliss-reactive ketones (excluding diaryl/α,β-unsaturated/α-hetero) is 1. The quantitative estimate of drug-likeness (QED) is 0.276. The van der Waals surface area contributed by atoms with Gasteiger partial charge in [-0.3, -0.25) is 9.59 Å². The van der Waals surface area contributed by atoms with E-state index in [1.54, 1.807) is 12.1 Å². The number of benzene rings is 1. The Morgan fingerprint density at radius 1 is 1.03 bits per heavy atom. The van der Waals surface area contributed by atoms with Crippen LogP contribution in [0.25, 0.3) is 0 Å². The molecule has 2 aliphatic rings. The molecule has 0 bridgehead atoms. The van der Waals surface area contributed by atoms with Crippen LogP contribution in [0, 0.1) is 23.2 Å². The summed E-state index contributed by atoms with van der Waals surface area (Å²) in [6, 6.07) is 7.21. The van der Waals surface area contributed by atoms with Crippen LogP contribution in [0.3, 0.4) is 0 Å². The van der Waals surface area contributed by atoms with Gasteiger partial charge in [-0.2, -0.15) is 0 Å². The van der Waals surface area contributed by atoms with Crippen LogP contribution < -0.4 is 9.47 Å². The molecule has 38 heavy (non-hydrogen) atoms. The fourth-order valence-corrected chi connectivity index (χ4v) is 6.31. The van der Waals surface area contributed by atoms with E-state index in [0.29, 0.717) is 29.6 Å². The molecule has 2 unspecified atom stereocenters. The van der Waals surface area contributed by atoms with Gasteiger partial charge in [0.25, 0.3) is 0 Å². The van der Waals surface area contributed by atoms with E-state index in [-0.39, 0.29) is 42.0 Å². The maximum atomic E-state index is 13.4. The van der Waals surface area contributed by atoms with Gasteiger partial charge in [0, 0.05) is 24.7 Å². The van der Waals surface area contributed by atoms with E-state index >= 15 is 0 Å². The highest BCUT2D eigenvalue weighted by Crippen LogP contribution is 2.40. The zero-order valence-corrected chi connectivity index (χ0v) is 23.8. The van der Waals surface area contributed by atoms with Gasteiger partial charge >= 0.3 is 11.9 Å². The molecule has 7 nitrogen and oxygen atoms in total. The van der Waals surface area contributed by atoms with E-state index in [1.165, 1.54) is 46.1 Å². The molecule has 0 heterocycles. The first-order chi connectivity index (χ1) is 18.1. The van der Waals surface area contributed by atoms with Gasteiger partial charge < -0.3 is 18.9 Å². The lowest BCUT2D eigenvalue weighted by Gasteiger charge is -2.33. The monoisotopic (exact) mass is 530 g/mol. The predicted octanol–water partition coefficient (Wildman–Crippen LogP) is 6.31. The summed E-state index contributed by atoms with van der Waals surface area (Å²) in [5.74, 6) is 1.30. The third kappa shape index (κ3) is 8.74. The number of hydrogen-bond donors (Lipinski definition) is 0. The first kappa shape index (κ1) is 30.0. The summed E-state index contributed by atoms with van der Waals surface area (Å²) in [5, 5.41) is 0. The van der Waals surface area contributed by atoms with Crippen molar-refractivity contribution in [3.05, 3.63) is 24.3 Å². The van der Waals surface area contributed by atoms with E-state index in [1.807, 2.05) is 19.1 Å². The molecule has 0 aliphatic heterocycles. The first-order valence-corrected chi connectivity index (χ1v) is 14.3. The van der Waals surface area contributed by atoms with Gasteiger partial charge in [0.1, 0.15) is 18.0 Å². The second-order valence-electron chi connectivity index (χ2n) is 11.9.